The average Bonchev–Trinajstić information content (AvgIpc) is 2.67. The molecule has 0 aromatic heterocycles. The van der Waals surface area contributed by atoms with Gasteiger partial charge in [-0.05, 0) is 38.1 Å². The zero-order chi connectivity index (χ0) is 22.6. The van der Waals surface area contributed by atoms with Gasteiger partial charge in [-0.25, -0.2) is 17.5 Å². The van der Waals surface area contributed by atoms with E-state index in [0.717, 1.165) is 4.31 Å². The fraction of sp³-hybridized carbons (Fsp3) is 0.263. The van der Waals surface area contributed by atoms with E-state index in [2.05, 4.69) is 5.32 Å². The molecule has 0 aliphatic carbocycles. The molecular formula is C19H21N3O7S. The Morgan fingerprint density at radius 3 is 2.40 bits per heavy atom. The Bertz CT molecular complexity index is 1100. The van der Waals surface area contributed by atoms with Crippen molar-refractivity contribution in [3.8, 4) is 0 Å². The number of nitrogens with zero attached hydrogens (tertiary/aromatic N) is 2. The maximum atomic E-state index is 12.4. The van der Waals surface area contributed by atoms with Crippen LogP contribution in [0.2, 0.25) is 0 Å². The number of benzene rings is 2. The van der Waals surface area contributed by atoms with Crippen molar-refractivity contribution >= 4 is 33.3 Å². The van der Waals surface area contributed by atoms with Crippen molar-refractivity contribution in [1.82, 2.24) is 4.31 Å². The van der Waals surface area contributed by atoms with Gasteiger partial charge in [0.1, 0.15) is 0 Å². The summed E-state index contributed by atoms with van der Waals surface area (Å²) in [4.78, 5) is 35.1. The van der Waals surface area contributed by atoms with Crippen LogP contribution in [0.25, 0.3) is 0 Å². The third-order valence-corrected chi connectivity index (χ3v) is 6.07. The van der Waals surface area contributed by atoms with E-state index in [0.29, 0.717) is 0 Å². The highest BCUT2D eigenvalue weighted by Crippen LogP contribution is 2.22. The Morgan fingerprint density at radius 2 is 1.80 bits per heavy atom. The van der Waals surface area contributed by atoms with Gasteiger partial charge in [0.2, 0.25) is 10.0 Å². The van der Waals surface area contributed by atoms with E-state index in [4.69, 9.17) is 4.74 Å². The smallest absolute Gasteiger partial charge is 0.339 e. The van der Waals surface area contributed by atoms with Gasteiger partial charge in [0.25, 0.3) is 11.6 Å². The lowest BCUT2D eigenvalue weighted by Gasteiger charge is -2.15. The number of esters is 1. The minimum atomic E-state index is -3.68. The fourth-order valence-corrected chi connectivity index (χ4v) is 3.46. The molecule has 10 nitrogen and oxygen atoms in total. The molecule has 2 aromatic carbocycles. The topological polar surface area (TPSA) is 136 Å². The summed E-state index contributed by atoms with van der Waals surface area (Å²) in [5.74, 6) is -1.58. The van der Waals surface area contributed by atoms with Crippen molar-refractivity contribution in [1.29, 1.82) is 0 Å². The van der Waals surface area contributed by atoms with E-state index in [1.165, 1.54) is 70.4 Å². The third kappa shape index (κ3) is 4.99. The molecule has 1 N–H and O–H groups in total. The van der Waals surface area contributed by atoms with E-state index in [1.807, 2.05) is 0 Å². The predicted molar refractivity (Wildman–Crippen MR) is 109 cm³/mol. The Morgan fingerprint density at radius 1 is 1.17 bits per heavy atom. The number of nitro benzene ring substituents is 1. The molecule has 0 aliphatic rings. The van der Waals surface area contributed by atoms with Gasteiger partial charge in [0.05, 0.1) is 15.4 Å². The molecule has 2 aromatic rings. The van der Waals surface area contributed by atoms with Crippen molar-refractivity contribution in [2.24, 2.45) is 0 Å². The average molecular weight is 435 g/mol. The van der Waals surface area contributed by atoms with Crippen LogP contribution >= 0.6 is 0 Å². The van der Waals surface area contributed by atoms with Crippen molar-refractivity contribution in [3.05, 3.63) is 63.7 Å². The van der Waals surface area contributed by atoms with Crippen LogP contribution in [0.1, 0.15) is 22.8 Å². The van der Waals surface area contributed by atoms with Crippen LogP contribution in [0.4, 0.5) is 11.4 Å². The summed E-state index contributed by atoms with van der Waals surface area (Å²) in [6, 6.07) is 9.61. The van der Waals surface area contributed by atoms with E-state index in [9.17, 15) is 28.1 Å². The van der Waals surface area contributed by atoms with Crippen molar-refractivity contribution in [2.75, 3.05) is 19.4 Å². The summed E-state index contributed by atoms with van der Waals surface area (Å²) in [7, 11) is -0.911. The zero-order valence-corrected chi connectivity index (χ0v) is 17.6. The van der Waals surface area contributed by atoms with Crippen LogP contribution in [0.5, 0.6) is 0 Å². The second kappa shape index (κ2) is 9.01. The van der Waals surface area contributed by atoms with Crippen molar-refractivity contribution in [3.63, 3.8) is 0 Å². The first-order valence-corrected chi connectivity index (χ1v) is 10.2. The van der Waals surface area contributed by atoms with Gasteiger partial charge in [0, 0.05) is 31.4 Å². The quantitative estimate of drug-likeness (QED) is 0.400. The third-order valence-electron chi connectivity index (χ3n) is 4.26. The summed E-state index contributed by atoms with van der Waals surface area (Å²) in [5.41, 5.74) is 0.0717. The molecule has 1 atom stereocenters. The maximum Gasteiger partial charge on any atom is 0.339 e. The number of rotatable bonds is 7. The summed E-state index contributed by atoms with van der Waals surface area (Å²) in [5, 5.41) is 13.5. The lowest BCUT2D eigenvalue weighted by molar-refractivity contribution is -0.385. The lowest BCUT2D eigenvalue weighted by atomic mass is 10.1. The zero-order valence-electron chi connectivity index (χ0n) is 16.8. The number of hydrogen-bond acceptors (Lipinski definition) is 7. The molecule has 0 aliphatic heterocycles. The van der Waals surface area contributed by atoms with Gasteiger partial charge in [-0.3, -0.25) is 14.9 Å². The van der Waals surface area contributed by atoms with Gasteiger partial charge < -0.3 is 10.1 Å². The SMILES string of the molecule is Cc1c(C(=O)OC(C)C(=O)Nc2cccc(S(=O)(=O)N(C)C)c2)cccc1[N+](=O)[O-]. The normalized spacial score (nSPS) is 12.3. The number of nitrogens with one attached hydrogen (secondary N) is 1. The molecule has 11 heteroatoms. The summed E-state index contributed by atoms with van der Waals surface area (Å²) in [6.07, 6.45) is -1.23. The first-order valence-electron chi connectivity index (χ1n) is 8.73. The van der Waals surface area contributed by atoms with Crippen LogP contribution in [0.15, 0.2) is 47.4 Å². The standard InChI is InChI=1S/C19H21N3O7S/c1-12-16(9-6-10-17(12)22(25)26)19(24)29-13(2)18(23)20-14-7-5-8-15(11-14)30(27,28)21(3)4/h5-11,13H,1-4H3,(H,20,23). The van der Waals surface area contributed by atoms with Crippen LogP contribution in [0.3, 0.4) is 0 Å². The number of hydrogen-bond donors (Lipinski definition) is 1. The van der Waals surface area contributed by atoms with E-state index >= 15 is 0 Å². The summed E-state index contributed by atoms with van der Waals surface area (Å²) in [6.45, 7) is 2.75. The Labute approximate surface area is 173 Å². The molecule has 0 fully saturated rings. The molecule has 0 bridgehead atoms. The first kappa shape index (κ1) is 23.0. The molecule has 0 saturated carbocycles. The number of nitro groups is 1. The van der Waals surface area contributed by atoms with Gasteiger partial charge in [-0.15, -0.1) is 0 Å². The van der Waals surface area contributed by atoms with E-state index < -0.39 is 32.9 Å². The largest absolute Gasteiger partial charge is 0.449 e. The van der Waals surface area contributed by atoms with Gasteiger partial charge in [0.15, 0.2) is 6.10 Å². The number of sulfonamides is 1. The van der Waals surface area contributed by atoms with Crippen molar-refractivity contribution < 1.29 is 27.7 Å². The van der Waals surface area contributed by atoms with Gasteiger partial charge in [-0.2, -0.15) is 0 Å². The maximum absolute atomic E-state index is 12.4. The van der Waals surface area contributed by atoms with Crippen LogP contribution in [0, 0.1) is 17.0 Å². The highest BCUT2D eigenvalue weighted by atomic mass is 32.2. The molecular weight excluding hydrogens is 414 g/mol. The summed E-state index contributed by atoms with van der Waals surface area (Å²) >= 11 is 0. The van der Waals surface area contributed by atoms with Gasteiger partial charge >= 0.3 is 5.97 Å². The number of carbonyl (C=O) groups is 2. The Kier molecular flexibility index (Phi) is 6.90. The Hall–Kier alpha value is -3.31. The lowest BCUT2D eigenvalue weighted by Crippen LogP contribution is -2.30. The monoisotopic (exact) mass is 435 g/mol. The molecule has 2 rings (SSSR count). The van der Waals surface area contributed by atoms with Gasteiger partial charge in [-0.1, -0.05) is 12.1 Å². The summed E-state index contributed by atoms with van der Waals surface area (Å²) < 4.78 is 30.6. The highest BCUT2D eigenvalue weighted by Gasteiger charge is 2.24. The minimum Gasteiger partial charge on any atom is -0.449 e. The van der Waals surface area contributed by atoms with Crippen molar-refractivity contribution in [2.45, 2.75) is 24.8 Å². The number of amides is 1. The second-order valence-corrected chi connectivity index (χ2v) is 8.71. The van der Waals surface area contributed by atoms with Crippen LogP contribution in [-0.4, -0.2) is 49.7 Å². The molecule has 0 heterocycles. The molecule has 1 amide bonds. The molecule has 160 valence electrons. The molecule has 0 spiro atoms. The second-order valence-electron chi connectivity index (χ2n) is 6.56. The van der Waals surface area contributed by atoms with E-state index in [1.54, 1.807) is 0 Å². The van der Waals surface area contributed by atoms with Crippen LogP contribution in [-0.2, 0) is 19.6 Å². The fourth-order valence-electron chi connectivity index (χ4n) is 2.51. The minimum absolute atomic E-state index is 0.0119. The van der Waals surface area contributed by atoms with Crippen LogP contribution < -0.4 is 5.32 Å². The van der Waals surface area contributed by atoms with E-state index in [-0.39, 0.29) is 27.4 Å². The molecule has 0 saturated heterocycles. The Balaban J connectivity index is 2.14. The molecule has 30 heavy (non-hydrogen) atoms. The first-order chi connectivity index (χ1) is 13.9. The predicted octanol–water partition coefficient (Wildman–Crippen LogP) is 2.34. The number of anilines is 1. The number of ether oxygens (including phenoxy) is 1. The number of carbonyl (C=O) groups excluding carboxylic acids is 2. The highest BCUT2D eigenvalue weighted by molar-refractivity contribution is 7.89. The molecule has 1 unspecified atom stereocenters. The molecule has 0 radical (unpaired) electrons.